The van der Waals surface area contributed by atoms with Crippen molar-refractivity contribution in [2.24, 2.45) is 5.92 Å². The normalized spacial score (nSPS) is 21.2. The topological polar surface area (TPSA) is 82.2 Å². The molecular weight excluding hydrogens is 480 g/mol. The summed E-state index contributed by atoms with van der Waals surface area (Å²) in [4.78, 5) is 45.2. The van der Waals surface area contributed by atoms with Gasteiger partial charge in [-0.1, -0.05) is 57.5 Å². The molecule has 2 fully saturated rings. The van der Waals surface area contributed by atoms with Crippen LogP contribution in [-0.4, -0.2) is 78.5 Å². The van der Waals surface area contributed by atoms with E-state index in [-0.39, 0.29) is 36.4 Å². The van der Waals surface area contributed by atoms with E-state index in [0.29, 0.717) is 44.0 Å². The molecule has 1 aromatic rings. The summed E-state index contributed by atoms with van der Waals surface area (Å²) < 4.78 is 5.51. The Labute approximate surface area is 226 Å². The number of hydrogen-bond donors (Lipinski definition) is 1. The third kappa shape index (κ3) is 5.96. The van der Waals surface area contributed by atoms with Gasteiger partial charge in [0.25, 0.3) is 0 Å². The van der Waals surface area contributed by atoms with Crippen LogP contribution in [0, 0.1) is 5.92 Å². The Morgan fingerprint density at radius 1 is 1.11 bits per heavy atom. The number of nitrogens with one attached hydrogen (secondary N) is 1. The summed E-state index contributed by atoms with van der Waals surface area (Å²) in [6, 6.07) is 7.19. The van der Waals surface area contributed by atoms with Crippen LogP contribution in [0.25, 0.3) is 0 Å². The van der Waals surface area contributed by atoms with Crippen LogP contribution in [0.5, 0.6) is 0 Å². The molecule has 0 bridgehead atoms. The maximum atomic E-state index is 13.4. The lowest BCUT2D eigenvalue weighted by Gasteiger charge is -2.41. The highest BCUT2D eigenvalue weighted by Gasteiger charge is 2.39. The molecule has 0 aromatic heterocycles. The summed E-state index contributed by atoms with van der Waals surface area (Å²) in [5.41, 5.74) is 3.08. The number of nitrogens with zero attached hydrogens (tertiary/aromatic N) is 3. The summed E-state index contributed by atoms with van der Waals surface area (Å²) in [7, 11) is 0. The molecule has 3 amide bonds. The molecule has 0 radical (unpaired) electrons. The summed E-state index contributed by atoms with van der Waals surface area (Å²) in [5, 5.41) is 3.04. The molecule has 1 N–H and O–H groups in total. The molecule has 1 atom stereocenters. The molecule has 1 saturated heterocycles. The fourth-order valence-electron chi connectivity index (χ4n) is 5.32. The summed E-state index contributed by atoms with van der Waals surface area (Å²) in [6.07, 6.45) is 4.80. The van der Waals surface area contributed by atoms with E-state index in [0.717, 1.165) is 24.8 Å². The van der Waals surface area contributed by atoms with Gasteiger partial charge in [-0.3, -0.25) is 14.6 Å². The minimum absolute atomic E-state index is 0.0117. The Bertz CT molecular complexity index is 1080. The summed E-state index contributed by atoms with van der Waals surface area (Å²) in [5.74, 6) is 0.0295. The molecule has 1 aliphatic carbocycles. The molecule has 0 spiro atoms. The number of esters is 1. The highest BCUT2D eigenvalue weighted by molar-refractivity contribution is 5.95. The van der Waals surface area contributed by atoms with E-state index in [1.807, 2.05) is 17.0 Å². The van der Waals surface area contributed by atoms with E-state index in [9.17, 15) is 14.4 Å². The number of urea groups is 1. The van der Waals surface area contributed by atoms with E-state index < -0.39 is 12.0 Å². The van der Waals surface area contributed by atoms with Crippen LogP contribution >= 0.6 is 0 Å². The third-order valence-corrected chi connectivity index (χ3v) is 7.87. The smallest absolute Gasteiger partial charge is 0.338 e. The van der Waals surface area contributed by atoms with Crippen LogP contribution in [0.2, 0.25) is 0 Å². The van der Waals surface area contributed by atoms with Crippen LogP contribution in [-0.2, 0) is 19.7 Å². The molecule has 38 heavy (non-hydrogen) atoms. The third-order valence-electron chi connectivity index (χ3n) is 7.87. The van der Waals surface area contributed by atoms with Crippen molar-refractivity contribution in [3.8, 4) is 0 Å². The molecule has 8 heteroatoms. The molecule has 4 rings (SSSR count). The van der Waals surface area contributed by atoms with E-state index in [1.165, 1.54) is 5.56 Å². The van der Waals surface area contributed by atoms with Gasteiger partial charge in [0.1, 0.15) is 0 Å². The molecule has 2 aliphatic heterocycles. The van der Waals surface area contributed by atoms with Crippen LogP contribution in [0.4, 0.5) is 4.79 Å². The van der Waals surface area contributed by atoms with Crippen LogP contribution < -0.4 is 5.32 Å². The van der Waals surface area contributed by atoms with Crippen molar-refractivity contribution in [3.63, 3.8) is 0 Å². The number of carbonyl (C=O) groups excluding carboxylic acids is 3. The lowest BCUT2D eigenvalue weighted by atomic mass is 9.84. The van der Waals surface area contributed by atoms with Gasteiger partial charge in [0.2, 0.25) is 5.91 Å². The Kier molecular flexibility index (Phi) is 8.61. The van der Waals surface area contributed by atoms with Gasteiger partial charge < -0.3 is 15.0 Å². The fourth-order valence-corrected chi connectivity index (χ4v) is 5.32. The van der Waals surface area contributed by atoms with Crippen LogP contribution in [0.1, 0.15) is 64.1 Å². The van der Waals surface area contributed by atoms with Crippen LogP contribution in [0.15, 0.2) is 48.2 Å². The predicted octanol–water partition coefficient (Wildman–Crippen LogP) is 4.00. The Morgan fingerprint density at radius 3 is 2.29 bits per heavy atom. The lowest BCUT2D eigenvalue weighted by molar-refractivity contribution is -0.140. The number of carbonyl (C=O) groups is 3. The second-order valence-electron chi connectivity index (χ2n) is 11.5. The van der Waals surface area contributed by atoms with Crippen molar-refractivity contribution < 1.29 is 19.1 Å². The van der Waals surface area contributed by atoms with E-state index in [2.05, 4.69) is 49.7 Å². The van der Waals surface area contributed by atoms with Gasteiger partial charge in [-0.15, -0.1) is 6.58 Å². The Balaban J connectivity index is 1.64. The van der Waals surface area contributed by atoms with Crippen molar-refractivity contribution >= 4 is 17.9 Å². The average molecular weight is 523 g/mol. The van der Waals surface area contributed by atoms with E-state index in [1.54, 1.807) is 17.9 Å². The second-order valence-corrected chi connectivity index (χ2v) is 11.5. The van der Waals surface area contributed by atoms with Crippen molar-refractivity contribution in [1.29, 1.82) is 0 Å². The van der Waals surface area contributed by atoms with E-state index >= 15 is 0 Å². The molecule has 3 aliphatic rings. The number of piperazine rings is 1. The molecule has 2 heterocycles. The molecule has 1 aromatic carbocycles. The standard InChI is InChI=1S/C30H42N4O4/c1-6-15-34-24(20-32-16-18-33(19-17-32)27(35)22-9-8-10-22)25(28(36)38-7-2)26(31-29(34)37)21-11-13-23(14-12-21)30(3,4)5/h6,11-14,22,26H,1,7-10,15-20H2,2-5H3,(H,31,37). The highest BCUT2D eigenvalue weighted by Crippen LogP contribution is 2.34. The number of rotatable bonds is 8. The molecule has 8 nitrogen and oxygen atoms in total. The van der Waals surface area contributed by atoms with Gasteiger partial charge in [0.05, 0.1) is 18.2 Å². The molecule has 1 saturated carbocycles. The van der Waals surface area contributed by atoms with Gasteiger partial charge in [-0.05, 0) is 36.3 Å². The number of amides is 3. The first-order valence-corrected chi connectivity index (χ1v) is 13.8. The summed E-state index contributed by atoms with van der Waals surface area (Å²) in [6.45, 7) is 15.7. The molecular formula is C30H42N4O4. The maximum Gasteiger partial charge on any atom is 0.338 e. The quantitative estimate of drug-likeness (QED) is 0.412. The Morgan fingerprint density at radius 2 is 1.76 bits per heavy atom. The number of benzene rings is 1. The van der Waals surface area contributed by atoms with Gasteiger partial charge >= 0.3 is 12.0 Å². The average Bonchev–Trinajstić information content (AvgIpc) is 2.85. The Hall–Kier alpha value is -3.13. The minimum Gasteiger partial charge on any atom is -0.463 e. The van der Waals surface area contributed by atoms with Crippen molar-refractivity contribution in [3.05, 3.63) is 59.3 Å². The largest absolute Gasteiger partial charge is 0.463 e. The zero-order valence-electron chi connectivity index (χ0n) is 23.3. The van der Waals surface area contributed by atoms with Crippen LogP contribution in [0.3, 0.4) is 0 Å². The maximum absolute atomic E-state index is 13.4. The van der Waals surface area contributed by atoms with Crippen molar-refractivity contribution in [2.75, 3.05) is 45.9 Å². The predicted molar refractivity (Wildman–Crippen MR) is 147 cm³/mol. The zero-order chi connectivity index (χ0) is 27.4. The monoisotopic (exact) mass is 522 g/mol. The first-order valence-electron chi connectivity index (χ1n) is 13.8. The molecule has 1 unspecified atom stereocenters. The SMILES string of the molecule is C=CCN1C(=O)NC(c2ccc(C(C)(C)C)cc2)C(C(=O)OCC)=C1CN1CCN(C(=O)C2CCC2)CC1. The van der Waals surface area contributed by atoms with E-state index in [4.69, 9.17) is 4.74 Å². The number of ether oxygens (including phenoxy) is 1. The second kappa shape index (κ2) is 11.7. The van der Waals surface area contributed by atoms with Gasteiger partial charge in [0, 0.05) is 50.9 Å². The number of hydrogen-bond acceptors (Lipinski definition) is 5. The zero-order valence-corrected chi connectivity index (χ0v) is 23.3. The van der Waals surface area contributed by atoms with Crippen molar-refractivity contribution in [2.45, 2.75) is 58.4 Å². The van der Waals surface area contributed by atoms with Gasteiger partial charge in [-0.2, -0.15) is 0 Å². The lowest BCUT2D eigenvalue weighted by Crippen LogP contribution is -2.54. The minimum atomic E-state index is -0.617. The first kappa shape index (κ1) is 27.9. The highest BCUT2D eigenvalue weighted by atomic mass is 16.5. The van der Waals surface area contributed by atoms with Crippen molar-refractivity contribution in [1.82, 2.24) is 20.0 Å². The van der Waals surface area contributed by atoms with Gasteiger partial charge in [-0.25, -0.2) is 9.59 Å². The van der Waals surface area contributed by atoms with Gasteiger partial charge in [0.15, 0.2) is 0 Å². The summed E-state index contributed by atoms with van der Waals surface area (Å²) >= 11 is 0. The molecule has 206 valence electrons. The first-order chi connectivity index (χ1) is 18.1. The fraction of sp³-hybridized carbons (Fsp3) is 0.567.